The maximum atomic E-state index is 11.1. The number of carboxylic acid groups (broad SMARTS) is 1. The Bertz CT molecular complexity index is 303. The molecule has 2 unspecified atom stereocenters. The molecule has 0 spiro atoms. The van der Waals surface area contributed by atoms with Gasteiger partial charge in [-0.3, -0.25) is 4.79 Å². The molecule has 0 aromatic carbocycles. The van der Waals surface area contributed by atoms with E-state index in [1.54, 1.807) is 0 Å². The number of carbonyl (C=O) groups excluding carboxylic acids is 1. The van der Waals surface area contributed by atoms with Crippen molar-refractivity contribution < 1.29 is 14.7 Å². The fourth-order valence-electron chi connectivity index (χ4n) is 1.24. The number of β-lactam (4-membered cyclic amide) rings is 1. The monoisotopic (exact) mass is 235 g/mol. The van der Waals surface area contributed by atoms with E-state index in [9.17, 15) is 9.59 Å². The summed E-state index contributed by atoms with van der Waals surface area (Å²) in [6, 6.07) is 0. The highest BCUT2D eigenvalue weighted by Gasteiger charge is 2.48. The second-order valence-electron chi connectivity index (χ2n) is 2.64. The van der Waals surface area contributed by atoms with E-state index in [0.29, 0.717) is 9.95 Å². The molecule has 70 valence electrons. The van der Waals surface area contributed by atoms with E-state index in [-0.39, 0.29) is 11.3 Å². The van der Waals surface area contributed by atoms with E-state index < -0.39 is 11.3 Å². The summed E-state index contributed by atoms with van der Waals surface area (Å²) in [4.78, 5) is 23.2. The summed E-state index contributed by atoms with van der Waals surface area (Å²) in [5.41, 5.74) is 0. The summed E-state index contributed by atoms with van der Waals surface area (Å²) < 4.78 is 0.612. The van der Waals surface area contributed by atoms with Gasteiger partial charge in [0.05, 0.1) is 11.8 Å². The molecule has 4 nitrogen and oxygen atoms in total. The Morgan fingerprint density at radius 2 is 2.31 bits per heavy atom. The van der Waals surface area contributed by atoms with Crippen molar-refractivity contribution in [3.8, 4) is 0 Å². The van der Waals surface area contributed by atoms with E-state index in [1.807, 2.05) is 0 Å². The van der Waals surface area contributed by atoms with Gasteiger partial charge in [-0.15, -0.1) is 0 Å². The van der Waals surface area contributed by atoms with Crippen LogP contribution in [0.1, 0.15) is 6.42 Å². The van der Waals surface area contributed by atoms with Gasteiger partial charge in [0, 0.05) is 0 Å². The van der Waals surface area contributed by atoms with Gasteiger partial charge in [-0.05, 0) is 0 Å². The second-order valence-corrected chi connectivity index (χ2v) is 6.10. The number of hydrogen-bond acceptors (Lipinski definition) is 5. The van der Waals surface area contributed by atoms with Gasteiger partial charge in [0.15, 0.2) is 5.37 Å². The third kappa shape index (κ3) is 1.44. The molecule has 0 bridgehead atoms. The highest BCUT2D eigenvalue weighted by atomic mass is 32.2. The first-order valence-electron chi connectivity index (χ1n) is 3.51. The summed E-state index contributed by atoms with van der Waals surface area (Å²) in [5.74, 6) is -1.09. The molecule has 0 aromatic heterocycles. The van der Waals surface area contributed by atoms with Crippen LogP contribution in [0.2, 0.25) is 0 Å². The number of thiocarbonyl (C=S) groups is 1. The number of rotatable bonds is 1. The quantitative estimate of drug-likeness (QED) is 0.534. The summed E-state index contributed by atoms with van der Waals surface area (Å²) in [6.45, 7) is 0. The average Bonchev–Trinajstić information content (AvgIpc) is 2.01. The first-order valence-corrected chi connectivity index (χ1v) is 5.67. The van der Waals surface area contributed by atoms with Gasteiger partial charge in [0.1, 0.15) is 3.53 Å². The average molecular weight is 235 g/mol. The number of hydrogen-bond donors (Lipinski definition) is 1. The van der Waals surface area contributed by atoms with Crippen molar-refractivity contribution in [2.75, 3.05) is 0 Å². The predicted molar refractivity (Wildman–Crippen MR) is 54.5 cm³/mol. The highest BCUT2D eigenvalue weighted by molar-refractivity contribution is 8.48. The fourth-order valence-corrected chi connectivity index (χ4v) is 4.21. The van der Waals surface area contributed by atoms with Crippen LogP contribution in [0, 0.1) is 0 Å². The summed E-state index contributed by atoms with van der Waals surface area (Å²) >= 11 is 7.39. The molecule has 2 rings (SSSR count). The second kappa shape index (κ2) is 3.14. The molecular weight excluding hydrogens is 230 g/mol. The zero-order chi connectivity index (χ0) is 9.59. The molecule has 2 saturated heterocycles. The third-order valence-electron chi connectivity index (χ3n) is 1.85. The molecule has 2 heterocycles. The number of fused-ring (bicyclic) bond motifs is 1. The van der Waals surface area contributed by atoms with Crippen molar-refractivity contribution in [2.24, 2.45) is 0 Å². The summed E-state index contributed by atoms with van der Waals surface area (Å²) in [6.07, 6.45) is 0.412. The maximum absolute atomic E-state index is 11.1. The Hall–Kier alpha value is -0.270. The predicted octanol–water partition coefficient (Wildman–Crippen LogP) is 0.720. The van der Waals surface area contributed by atoms with Crippen LogP contribution in [0.4, 0.5) is 0 Å². The number of nitrogens with zero attached hydrogens (tertiary/aromatic N) is 1. The molecular formula is C6H5NO3S3. The normalized spacial score (nSPS) is 32.5. The van der Waals surface area contributed by atoms with E-state index in [2.05, 4.69) is 0 Å². The van der Waals surface area contributed by atoms with Crippen LogP contribution in [0.25, 0.3) is 0 Å². The molecule has 2 aliphatic heterocycles. The SMILES string of the molecule is O=C(O)C1SC(=S)SC2CC(=O)N21. The largest absolute Gasteiger partial charge is 0.479 e. The van der Waals surface area contributed by atoms with Gasteiger partial charge in [0.25, 0.3) is 0 Å². The van der Waals surface area contributed by atoms with Crippen molar-refractivity contribution in [3.63, 3.8) is 0 Å². The van der Waals surface area contributed by atoms with Gasteiger partial charge in [-0.2, -0.15) is 0 Å². The van der Waals surface area contributed by atoms with Crippen LogP contribution in [0.3, 0.4) is 0 Å². The Morgan fingerprint density at radius 1 is 1.62 bits per heavy atom. The number of carboxylic acids is 1. The van der Waals surface area contributed by atoms with Crippen molar-refractivity contribution >= 4 is 51.1 Å². The van der Waals surface area contributed by atoms with E-state index in [1.165, 1.54) is 16.7 Å². The van der Waals surface area contributed by atoms with Gasteiger partial charge in [0.2, 0.25) is 5.91 Å². The first kappa shape index (κ1) is 9.29. The first-order chi connectivity index (χ1) is 6.09. The summed E-state index contributed by atoms with van der Waals surface area (Å²) in [7, 11) is 0. The topological polar surface area (TPSA) is 57.6 Å². The number of amides is 1. The van der Waals surface area contributed by atoms with Crippen molar-refractivity contribution in [3.05, 3.63) is 0 Å². The minimum atomic E-state index is -0.995. The lowest BCUT2D eigenvalue weighted by Gasteiger charge is -2.46. The smallest absolute Gasteiger partial charge is 0.337 e. The summed E-state index contributed by atoms with van der Waals surface area (Å²) in [5, 5.41) is 7.97. The molecule has 0 aromatic rings. The Labute approximate surface area is 88.0 Å². The van der Waals surface area contributed by atoms with Crippen LogP contribution in [0.15, 0.2) is 0 Å². The van der Waals surface area contributed by atoms with Gasteiger partial charge in [-0.25, -0.2) is 4.79 Å². The lowest BCUT2D eigenvalue weighted by Crippen LogP contribution is -2.59. The van der Waals surface area contributed by atoms with Crippen molar-refractivity contribution in [2.45, 2.75) is 17.2 Å². The van der Waals surface area contributed by atoms with E-state index in [0.717, 1.165) is 11.8 Å². The molecule has 1 N–H and O–H groups in total. The molecule has 2 fully saturated rings. The van der Waals surface area contributed by atoms with Gasteiger partial charge in [-0.1, -0.05) is 35.7 Å². The van der Waals surface area contributed by atoms with E-state index in [4.69, 9.17) is 17.3 Å². The van der Waals surface area contributed by atoms with Gasteiger partial charge >= 0.3 is 5.97 Å². The Balaban J connectivity index is 2.19. The molecule has 1 amide bonds. The standard InChI is InChI=1S/C6H5NO3S3/c8-2-1-3-7(2)4(5(9)10)13-6(11)12-3/h3-4H,1H2,(H,9,10). The third-order valence-corrected chi connectivity index (χ3v) is 4.71. The number of thioether (sulfide) groups is 2. The minimum absolute atomic E-state index is 0.0395. The minimum Gasteiger partial charge on any atom is -0.479 e. The molecule has 13 heavy (non-hydrogen) atoms. The lowest BCUT2D eigenvalue weighted by molar-refractivity contribution is -0.153. The lowest BCUT2D eigenvalue weighted by atomic mass is 10.2. The Kier molecular flexibility index (Phi) is 2.25. The van der Waals surface area contributed by atoms with Gasteiger partial charge < -0.3 is 10.0 Å². The van der Waals surface area contributed by atoms with Crippen LogP contribution < -0.4 is 0 Å². The molecule has 7 heteroatoms. The molecule has 0 radical (unpaired) electrons. The number of carbonyl (C=O) groups is 2. The Morgan fingerprint density at radius 3 is 2.85 bits per heavy atom. The van der Waals surface area contributed by atoms with Crippen LogP contribution >= 0.6 is 35.7 Å². The molecule has 2 aliphatic rings. The fraction of sp³-hybridized carbons (Fsp3) is 0.500. The van der Waals surface area contributed by atoms with Crippen LogP contribution in [0.5, 0.6) is 0 Å². The molecule has 0 saturated carbocycles. The number of aliphatic carboxylic acids is 1. The van der Waals surface area contributed by atoms with Crippen molar-refractivity contribution in [1.82, 2.24) is 4.90 Å². The van der Waals surface area contributed by atoms with Crippen LogP contribution in [-0.2, 0) is 9.59 Å². The van der Waals surface area contributed by atoms with Crippen LogP contribution in [-0.4, -0.2) is 36.2 Å². The highest BCUT2D eigenvalue weighted by Crippen LogP contribution is 2.44. The zero-order valence-electron chi connectivity index (χ0n) is 6.30. The van der Waals surface area contributed by atoms with E-state index >= 15 is 0 Å². The molecule has 2 atom stereocenters. The van der Waals surface area contributed by atoms with Crippen molar-refractivity contribution in [1.29, 1.82) is 0 Å². The molecule has 0 aliphatic carbocycles. The maximum Gasteiger partial charge on any atom is 0.337 e. The zero-order valence-corrected chi connectivity index (χ0v) is 8.75.